The highest BCUT2D eigenvalue weighted by Gasteiger charge is 2.18. The lowest BCUT2D eigenvalue weighted by Crippen LogP contribution is -2.45. The minimum Gasteiger partial charge on any atom is -0.316 e. The minimum atomic E-state index is -0.170. The molecule has 0 atom stereocenters. The Morgan fingerprint density at radius 3 is 2.87 bits per heavy atom. The second kappa shape index (κ2) is 3.98. The summed E-state index contributed by atoms with van der Waals surface area (Å²) in [6.45, 7) is 4.03. The molecule has 2 heterocycles. The molecule has 4 heteroatoms. The van der Waals surface area contributed by atoms with E-state index in [-0.39, 0.29) is 16.9 Å². The molecule has 80 valence electrons. The Bertz CT molecular complexity index is 432. The molecule has 1 aliphatic rings. The number of hydrogen-bond donors (Lipinski definition) is 1. The van der Waals surface area contributed by atoms with Gasteiger partial charge in [-0.3, -0.25) is 9.59 Å². The molecule has 0 radical (unpaired) electrons. The van der Waals surface area contributed by atoms with Gasteiger partial charge in [-0.1, -0.05) is 0 Å². The molecule has 1 aromatic rings. The molecule has 0 spiro atoms. The maximum absolute atomic E-state index is 11.8. The van der Waals surface area contributed by atoms with Crippen molar-refractivity contribution in [2.75, 3.05) is 13.1 Å². The highest BCUT2D eigenvalue weighted by Crippen LogP contribution is 2.05. The van der Waals surface area contributed by atoms with E-state index in [0.717, 1.165) is 13.1 Å². The summed E-state index contributed by atoms with van der Waals surface area (Å²) in [6, 6.07) is 3.34. The van der Waals surface area contributed by atoms with Crippen LogP contribution < -0.4 is 10.9 Å². The van der Waals surface area contributed by atoms with Crippen molar-refractivity contribution in [3.63, 3.8) is 0 Å². The molecule has 0 amide bonds. The third kappa shape index (κ3) is 1.99. The van der Waals surface area contributed by atoms with E-state index in [1.165, 1.54) is 6.92 Å². The van der Waals surface area contributed by atoms with Gasteiger partial charge in [0.05, 0.1) is 5.56 Å². The van der Waals surface area contributed by atoms with Gasteiger partial charge in [-0.2, -0.15) is 0 Å². The summed E-state index contributed by atoms with van der Waals surface area (Å²) in [6.07, 6.45) is 1.74. The summed E-state index contributed by atoms with van der Waals surface area (Å²) in [5.41, 5.74) is 0.113. The smallest absolute Gasteiger partial charge is 0.261 e. The number of nitrogens with one attached hydrogen (secondary N) is 1. The number of hydrogen-bond acceptors (Lipinski definition) is 3. The standard InChI is InChI=1S/C11H14N2O2/c1-8(14)10-3-2-4-13(11(10)15)7-9-5-12-6-9/h2-4,9,12H,5-7H2,1H3. The number of aromatic nitrogens is 1. The fraction of sp³-hybridized carbons (Fsp3) is 0.455. The zero-order chi connectivity index (χ0) is 10.8. The Morgan fingerprint density at radius 2 is 2.33 bits per heavy atom. The summed E-state index contributed by atoms with van der Waals surface area (Å²) in [5, 5.41) is 3.16. The summed E-state index contributed by atoms with van der Waals surface area (Å²) in [4.78, 5) is 23.0. The van der Waals surface area contributed by atoms with Gasteiger partial charge in [0.25, 0.3) is 5.56 Å². The van der Waals surface area contributed by atoms with Gasteiger partial charge in [-0.25, -0.2) is 0 Å². The van der Waals surface area contributed by atoms with E-state index in [1.807, 2.05) is 0 Å². The molecular formula is C11H14N2O2. The average molecular weight is 206 g/mol. The fourth-order valence-electron chi connectivity index (χ4n) is 1.70. The van der Waals surface area contributed by atoms with Gasteiger partial charge < -0.3 is 9.88 Å². The van der Waals surface area contributed by atoms with Crippen molar-refractivity contribution in [1.29, 1.82) is 0 Å². The van der Waals surface area contributed by atoms with Crippen LogP contribution in [-0.2, 0) is 6.54 Å². The molecule has 1 fully saturated rings. The molecule has 2 rings (SSSR count). The first kappa shape index (κ1) is 10.1. The van der Waals surface area contributed by atoms with Crippen LogP contribution in [0.3, 0.4) is 0 Å². The largest absolute Gasteiger partial charge is 0.316 e. The molecule has 1 N–H and O–H groups in total. The number of carbonyl (C=O) groups is 1. The van der Waals surface area contributed by atoms with Crippen molar-refractivity contribution in [2.24, 2.45) is 5.92 Å². The Hall–Kier alpha value is -1.42. The lowest BCUT2D eigenvalue weighted by Gasteiger charge is -2.27. The molecule has 4 nitrogen and oxygen atoms in total. The zero-order valence-corrected chi connectivity index (χ0v) is 8.69. The molecule has 1 saturated heterocycles. The third-order valence-electron chi connectivity index (χ3n) is 2.72. The Morgan fingerprint density at radius 1 is 1.60 bits per heavy atom. The van der Waals surface area contributed by atoms with Crippen LogP contribution in [-0.4, -0.2) is 23.4 Å². The number of rotatable bonds is 3. The second-order valence-electron chi connectivity index (χ2n) is 3.96. The van der Waals surface area contributed by atoms with E-state index < -0.39 is 0 Å². The van der Waals surface area contributed by atoms with Crippen molar-refractivity contribution >= 4 is 5.78 Å². The van der Waals surface area contributed by atoms with E-state index in [1.54, 1.807) is 22.9 Å². The van der Waals surface area contributed by atoms with E-state index in [0.29, 0.717) is 12.5 Å². The second-order valence-corrected chi connectivity index (χ2v) is 3.96. The molecule has 0 saturated carbocycles. The Labute approximate surface area is 87.9 Å². The first-order valence-electron chi connectivity index (χ1n) is 5.09. The van der Waals surface area contributed by atoms with Crippen LogP contribution in [0.5, 0.6) is 0 Å². The fourth-order valence-corrected chi connectivity index (χ4v) is 1.70. The number of nitrogens with zero attached hydrogens (tertiary/aromatic N) is 1. The Balaban J connectivity index is 2.27. The van der Waals surface area contributed by atoms with Gasteiger partial charge in [-0.15, -0.1) is 0 Å². The maximum Gasteiger partial charge on any atom is 0.261 e. The predicted octanol–water partition coefficient (Wildman–Crippen LogP) is 0.270. The summed E-state index contributed by atoms with van der Waals surface area (Å²) in [5.74, 6) is 0.353. The molecule has 1 aliphatic heterocycles. The van der Waals surface area contributed by atoms with Crippen molar-refractivity contribution < 1.29 is 4.79 Å². The highest BCUT2D eigenvalue weighted by molar-refractivity contribution is 5.93. The van der Waals surface area contributed by atoms with Gasteiger partial charge in [-0.05, 0) is 19.1 Å². The summed E-state index contributed by atoms with van der Waals surface area (Å²) in [7, 11) is 0. The normalized spacial score (nSPS) is 16.1. The van der Waals surface area contributed by atoms with Crippen LogP contribution in [0.2, 0.25) is 0 Å². The molecule has 0 bridgehead atoms. The number of pyridine rings is 1. The van der Waals surface area contributed by atoms with Crippen LogP contribution in [0.4, 0.5) is 0 Å². The third-order valence-corrected chi connectivity index (χ3v) is 2.72. The van der Waals surface area contributed by atoms with Gasteiger partial charge in [0.2, 0.25) is 0 Å². The quantitative estimate of drug-likeness (QED) is 0.722. The summed E-state index contributed by atoms with van der Waals surface area (Å²) < 4.78 is 1.63. The van der Waals surface area contributed by atoms with Crippen molar-refractivity contribution in [3.8, 4) is 0 Å². The van der Waals surface area contributed by atoms with Crippen LogP contribution >= 0.6 is 0 Å². The van der Waals surface area contributed by atoms with Crippen molar-refractivity contribution in [2.45, 2.75) is 13.5 Å². The zero-order valence-electron chi connectivity index (χ0n) is 8.69. The molecule has 15 heavy (non-hydrogen) atoms. The first-order valence-corrected chi connectivity index (χ1v) is 5.09. The van der Waals surface area contributed by atoms with Gasteiger partial charge in [0.1, 0.15) is 0 Å². The SMILES string of the molecule is CC(=O)c1cccn(CC2CNC2)c1=O. The first-order chi connectivity index (χ1) is 7.18. The average Bonchev–Trinajstić information content (AvgIpc) is 2.13. The minimum absolute atomic E-state index is 0.166. The summed E-state index contributed by atoms with van der Waals surface area (Å²) >= 11 is 0. The maximum atomic E-state index is 11.8. The Kier molecular flexibility index (Phi) is 2.68. The van der Waals surface area contributed by atoms with E-state index in [2.05, 4.69) is 5.32 Å². The topological polar surface area (TPSA) is 51.1 Å². The molecular weight excluding hydrogens is 192 g/mol. The lowest BCUT2D eigenvalue weighted by molar-refractivity contribution is 0.101. The van der Waals surface area contributed by atoms with Gasteiger partial charge in [0.15, 0.2) is 5.78 Å². The van der Waals surface area contributed by atoms with Crippen LogP contribution in [0.25, 0.3) is 0 Å². The lowest BCUT2D eigenvalue weighted by atomic mass is 10.0. The van der Waals surface area contributed by atoms with Crippen LogP contribution in [0.15, 0.2) is 23.1 Å². The van der Waals surface area contributed by atoms with Gasteiger partial charge in [0, 0.05) is 31.7 Å². The van der Waals surface area contributed by atoms with Gasteiger partial charge >= 0.3 is 0 Å². The molecule has 0 unspecified atom stereocenters. The van der Waals surface area contributed by atoms with Crippen LogP contribution in [0.1, 0.15) is 17.3 Å². The molecule has 0 aliphatic carbocycles. The van der Waals surface area contributed by atoms with E-state index in [9.17, 15) is 9.59 Å². The van der Waals surface area contributed by atoms with E-state index >= 15 is 0 Å². The molecule has 1 aromatic heterocycles. The van der Waals surface area contributed by atoms with Crippen molar-refractivity contribution in [3.05, 3.63) is 34.2 Å². The number of ketones is 1. The number of carbonyl (C=O) groups excluding carboxylic acids is 1. The molecule has 0 aromatic carbocycles. The monoisotopic (exact) mass is 206 g/mol. The highest BCUT2D eigenvalue weighted by atomic mass is 16.1. The number of Topliss-reactive ketones (excluding diaryl/α,β-unsaturated/α-hetero) is 1. The van der Waals surface area contributed by atoms with Crippen LogP contribution in [0, 0.1) is 5.92 Å². The van der Waals surface area contributed by atoms with Crippen molar-refractivity contribution in [1.82, 2.24) is 9.88 Å². The van der Waals surface area contributed by atoms with E-state index in [4.69, 9.17) is 0 Å². The predicted molar refractivity (Wildman–Crippen MR) is 57.1 cm³/mol.